The van der Waals surface area contributed by atoms with Crippen molar-refractivity contribution in [1.29, 1.82) is 0 Å². The molecular weight excluding hydrogens is 573 g/mol. The molecule has 0 saturated carbocycles. The zero-order valence-electron chi connectivity index (χ0n) is 26.1. The van der Waals surface area contributed by atoms with Gasteiger partial charge in [0.25, 0.3) is 5.91 Å². The average molecular weight is 624 g/mol. The van der Waals surface area contributed by atoms with E-state index in [1.54, 1.807) is 7.11 Å². The van der Waals surface area contributed by atoms with Gasteiger partial charge in [-0.25, -0.2) is 0 Å². The van der Waals surface area contributed by atoms with Crippen molar-refractivity contribution in [2.75, 3.05) is 20.3 Å². The van der Waals surface area contributed by atoms with Crippen molar-refractivity contribution in [1.82, 2.24) is 5.32 Å². The zero-order valence-corrected chi connectivity index (χ0v) is 27.8. The molecule has 0 aromatic heterocycles. The molecule has 1 heterocycles. The van der Waals surface area contributed by atoms with Gasteiger partial charge in [-0.3, -0.25) is 9.32 Å². The number of carbonyl (C=O) groups excluding carboxylic acids is 1. The third-order valence-corrected chi connectivity index (χ3v) is 9.00. The third-order valence-electron chi connectivity index (χ3n) is 7.23. The first-order chi connectivity index (χ1) is 19.9. The topological polar surface area (TPSA) is 95.5 Å². The van der Waals surface area contributed by atoms with Gasteiger partial charge in [0.05, 0.1) is 24.4 Å². The van der Waals surface area contributed by atoms with Crippen molar-refractivity contribution in [3.05, 3.63) is 35.4 Å². The first kappa shape index (κ1) is 35.1. The van der Waals surface area contributed by atoms with Gasteiger partial charge in [0.1, 0.15) is 18.3 Å². The minimum absolute atomic E-state index is 0.00310. The molecule has 10 heteroatoms. The van der Waals surface area contributed by atoms with Gasteiger partial charge < -0.3 is 28.9 Å². The molecule has 3 rings (SSSR count). The summed E-state index contributed by atoms with van der Waals surface area (Å²) in [5.41, 5.74) is 1.18. The monoisotopic (exact) mass is 623 g/mol. The number of rotatable bonds is 14. The largest absolute Gasteiger partial charge is 0.376 e. The molecule has 0 radical (unpaired) electrons. The van der Waals surface area contributed by atoms with Gasteiger partial charge in [-0.15, -0.1) is 5.92 Å². The molecule has 1 aromatic carbocycles. The van der Waals surface area contributed by atoms with E-state index >= 15 is 0 Å². The van der Waals surface area contributed by atoms with Crippen LogP contribution in [0, 0.1) is 17.8 Å². The van der Waals surface area contributed by atoms with Crippen molar-refractivity contribution in [3.63, 3.8) is 0 Å². The van der Waals surface area contributed by atoms with Gasteiger partial charge in [-0.1, -0.05) is 30.9 Å². The van der Waals surface area contributed by atoms with Crippen LogP contribution >= 0.6 is 6.72 Å². The Morgan fingerprint density at radius 2 is 1.90 bits per heavy atom. The summed E-state index contributed by atoms with van der Waals surface area (Å²) in [7, 11) is 1.59. The fraction of sp³-hybridized carbons (Fsp3) is 0.719. The minimum atomic E-state index is -3.57. The minimum Gasteiger partial charge on any atom is -0.376 e. The van der Waals surface area contributed by atoms with Gasteiger partial charge >= 0.3 is 6.72 Å². The first-order valence-corrected chi connectivity index (χ1v) is 17.8. The molecule has 42 heavy (non-hydrogen) atoms. The van der Waals surface area contributed by atoms with Gasteiger partial charge in [-0.2, -0.15) is 0 Å². The number of hydrogen-bond donors (Lipinski definition) is 2. The van der Waals surface area contributed by atoms with E-state index in [0.29, 0.717) is 30.9 Å². The molecule has 0 spiro atoms. The van der Waals surface area contributed by atoms with E-state index in [2.05, 4.69) is 17.2 Å². The molecule has 2 N–H and O–H groups in total. The normalized spacial score (nSPS) is 26.1. The predicted octanol–water partition coefficient (Wildman–Crippen LogP) is 5.95. The lowest BCUT2D eigenvalue weighted by Gasteiger charge is -2.31. The van der Waals surface area contributed by atoms with Crippen LogP contribution in [0.1, 0.15) is 95.5 Å². The Hall–Kier alpha value is -1.34. The summed E-state index contributed by atoms with van der Waals surface area (Å²) < 4.78 is 29.5. The number of amides is 1. The van der Waals surface area contributed by atoms with Crippen molar-refractivity contribution in [2.45, 2.75) is 122 Å². The van der Waals surface area contributed by atoms with E-state index in [1.165, 1.54) is 24.8 Å². The van der Waals surface area contributed by atoms with E-state index in [-0.39, 0.29) is 24.7 Å². The summed E-state index contributed by atoms with van der Waals surface area (Å²) >= 11 is 5.31. The Bertz CT molecular complexity index is 1090. The smallest absolute Gasteiger partial charge is 0.325 e. The lowest BCUT2D eigenvalue weighted by Crippen LogP contribution is -2.39. The standard InChI is InChI=1S/C32H50NO7PS/c1-23(2)37-22-28-30(39-41(35,42)40-32(3,4)5)29(36-6)27(38-28)15-12-20-33-31(34)26-18-16-25(17-19-26)21-24-13-10-8-7-9-11-14-24/h16-19,23-24,27-30H,7-10,12-13,15,20-22H2,1-6H3,(H,33,34)(H,35,42)/t24?,27-,28+,29+,30?,41?/m0/s1. The summed E-state index contributed by atoms with van der Waals surface area (Å²) in [5.74, 6) is 7.03. The van der Waals surface area contributed by atoms with Gasteiger partial charge in [-0.05, 0) is 96.2 Å². The average Bonchev–Trinajstić information content (AvgIpc) is 3.20. The number of nitrogens with one attached hydrogen (secondary N) is 1. The van der Waals surface area contributed by atoms with Crippen LogP contribution in [0.25, 0.3) is 0 Å². The maximum absolute atomic E-state index is 12.8. The molecule has 1 aliphatic heterocycles. The van der Waals surface area contributed by atoms with Crippen molar-refractivity contribution >= 4 is 24.4 Å². The van der Waals surface area contributed by atoms with Crippen LogP contribution in [0.2, 0.25) is 0 Å². The predicted molar refractivity (Wildman–Crippen MR) is 169 cm³/mol. The first-order valence-electron chi connectivity index (χ1n) is 15.2. The second-order valence-corrected chi connectivity index (χ2v) is 15.2. The molecule has 8 nitrogen and oxygen atoms in total. The lowest BCUT2D eigenvalue weighted by atomic mass is 9.92. The zero-order chi connectivity index (χ0) is 30.8. The van der Waals surface area contributed by atoms with Crippen LogP contribution in [0.3, 0.4) is 0 Å². The number of hydrogen-bond acceptors (Lipinski definition) is 7. The molecular formula is C32H50NO7PS. The van der Waals surface area contributed by atoms with Gasteiger partial charge in [0.2, 0.25) is 0 Å². The summed E-state index contributed by atoms with van der Waals surface area (Å²) in [6.45, 7) is 6.51. The number of carbonyl (C=O) groups is 1. The number of ether oxygens (including phenoxy) is 3. The quantitative estimate of drug-likeness (QED) is 0.149. The van der Waals surface area contributed by atoms with E-state index in [0.717, 1.165) is 19.3 Å². The van der Waals surface area contributed by atoms with Crippen LogP contribution in [0.5, 0.6) is 0 Å². The maximum atomic E-state index is 12.8. The highest BCUT2D eigenvalue weighted by molar-refractivity contribution is 8.07. The van der Waals surface area contributed by atoms with E-state index in [9.17, 15) is 9.69 Å². The van der Waals surface area contributed by atoms with E-state index in [1.807, 2.05) is 58.9 Å². The summed E-state index contributed by atoms with van der Waals surface area (Å²) in [5, 5.41) is 3.01. The summed E-state index contributed by atoms with van der Waals surface area (Å²) in [6.07, 6.45) is 6.13. The van der Waals surface area contributed by atoms with Gasteiger partial charge in [0, 0.05) is 31.6 Å². The Morgan fingerprint density at radius 1 is 1.17 bits per heavy atom. The van der Waals surface area contributed by atoms with E-state index in [4.69, 9.17) is 35.1 Å². The van der Waals surface area contributed by atoms with Crippen LogP contribution in [0.4, 0.5) is 0 Å². The van der Waals surface area contributed by atoms with Crippen LogP contribution in [-0.4, -0.2) is 67.2 Å². The third kappa shape index (κ3) is 12.0. The highest BCUT2D eigenvalue weighted by Gasteiger charge is 2.48. The fourth-order valence-electron chi connectivity index (χ4n) is 5.30. The Morgan fingerprint density at radius 3 is 2.57 bits per heavy atom. The SMILES string of the molecule is CO[C@H]1C(OP(O)(=S)OC(C)(C)C)[C@@H](COC(C)C)O[C@H]1CCCNC(=O)c1ccc(CC2C#CCCCCC2)cc1. The van der Waals surface area contributed by atoms with Crippen molar-refractivity contribution in [3.8, 4) is 11.8 Å². The summed E-state index contributed by atoms with van der Waals surface area (Å²) in [6, 6.07) is 7.86. The molecule has 1 aliphatic carbocycles. The Labute approximate surface area is 257 Å². The van der Waals surface area contributed by atoms with Crippen LogP contribution in [-0.2, 0) is 41.5 Å². The highest BCUT2D eigenvalue weighted by Crippen LogP contribution is 2.51. The van der Waals surface area contributed by atoms with E-state index < -0.39 is 30.6 Å². The lowest BCUT2D eigenvalue weighted by molar-refractivity contribution is -0.0592. The highest BCUT2D eigenvalue weighted by atomic mass is 32.5. The maximum Gasteiger partial charge on any atom is 0.325 e. The Kier molecular flexibility index (Phi) is 13.9. The Balaban J connectivity index is 1.52. The molecule has 2 aliphatic rings. The molecule has 1 saturated heterocycles. The van der Waals surface area contributed by atoms with Crippen LogP contribution in [0.15, 0.2) is 24.3 Å². The molecule has 3 unspecified atom stereocenters. The second-order valence-electron chi connectivity index (χ2n) is 12.5. The molecule has 1 amide bonds. The molecule has 6 atom stereocenters. The number of methoxy groups -OCH3 is 1. The van der Waals surface area contributed by atoms with Crippen molar-refractivity contribution in [2.24, 2.45) is 5.92 Å². The molecule has 1 fully saturated rings. The van der Waals surface area contributed by atoms with Crippen LogP contribution < -0.4 is 5.32 Å². The van der Waals surface area contributed by atoms with Gasteiger partial charge in [0.15, 0.2) is 0 Å². The second kappa shape index (κ2) is 16.7. The molecule has 1 aromatic rings. The number of benzene rings is 1. The fourth-order valence-corrected chi connectivity index (χ4v) is 7.57. The molecule has 0 bridgehead atoms. The molecule has 236 valence electrons. The summed E-state index contributed by atoms with van der Waals surface area (Å²) in [4.78, 5) is 23.6. The van der Waals surface area contributed by atoms with Crippen molar-refractivity contribution < 1.29 is 32.9 Å².